The quantitative estimate of drug-likeness (QED) is 0.612. The minimum absolute atomic E-state index is 0.174. The molecular weight excluding hydrogens is 333 g/mol. The van der Waals surface area contributed by atoms with E-state index in [9.17, 15) is 9.18 Å². The fraction of sp³-hybridized carbons (Fsp3) is 0.190. The molecule has 0 aliphatic carbocycles. The highest BCUT2D eigenvalue weighted by molar-refractivity contribution is 5.91. The molecule has 5 heteroatoms. The molecule has 2 aromatic carbocycles. The van der Waals surface area contributed by atoms with Crippen molar-refractivity contribution in [1.82, 2.24) is 5.32 Å². The Kier molecular flexibility index (Phi) is 6.04. The first-order chi connectivity index (χ1) is 12.7. The zero-order valence-electron chi connectivity index (χ0n) is 14.3. The second-order valence-corrected chi connectivity index (χ2v) is 5.85. The van der Waals surface area contributed by atoms with E-state index in [1.165, 1.54) is 17.7 Å². The van der Waals surface area contributed by atoms with Crippen LogP contribution < -0.4 is 10.1 Å². The molecule has 0 aliphatic rings. The van der Waals surface area contributed by atoms with Crippen molar-refractivity contribution >= 4 is 5.91 Å². The van der Waals surface area contributed by atoms with Gasteiger partial charge in [0.2, 0.25) is 0 Å². The van der Waals surface area contributed by atoms with Gasteiger partial charge in [0, 0.05) is 6.54 Å². The van der Waals surface area contributed by atoms with E-state index in [2.05, 4.69) is 17.4 Å². The van der Waals surface area contributed by atoms with Gasteiger partial charge in [-0.15, -0.1) is 0 Å². The molecule has 3 aromatic rings. The summed E-state index contributed by atoms with van der Waals surface area (Å²) in [5.41, 5.74) is 1.25. The number of amides is 1. The molecule has 0 saturated heterocycles. The van der Waals surface area contributed by atoms with Crippen molar-refractivity contribution in [2.24, 2.45) is 0 Å². The minimum Gasteiger partial charge on any atom is -0.486 e. The zero-order valence-corrected chi connectivity index (χ0v) is 14.3. The second kappa shape index (κ2) is 8.85. The van der Waals surface area contributed by atoms with E-state index in [1.54, 1.807) is 24.3 Å². The van der Waals surface area contributed by atoms with Crippen LogP contribution in [0.25, 0.3) is 0 Å². The fourth-order valence-electron chi connectivity index (χ4n) is 2.49. The Balaban J connectivity index is 1.41. The number of hydrogen-bond donors (Lipinski definition) is 1. The van der Waals surface area contributed by atoms with Crippen LogP contribution in [0.3, 0.4) is 0 Å². The van der Waals surface area contributed by atoms with Crippen LogP contribution in [0.2, 0.25) is 0 Å². The normalized spacial score (nSPS) is 10.5. The lowest BCUT2D eigenvalue weighted by Crippen LogP contribution is -2.24. The number of rotatable bonds is 8. The molecule has 0 radical (unpaired) electrons. The first-order valence-electron chi connectivity index (χ1n) is 8.50. The maximum absolute atomic E-state index is 12.8. The summed E-state index contributed by atoms with van der Waals surface area (Å²) >= 11 is 0. The second-order valence-electron chi connectivity index (χ2n) is 5.85. The van der Waals surface area contributed by atoms with Crippen molar-refractivity contribution in [2.75, 3.05) is 6.54 Å². The molecule has 1 N–H and O–H groups in total. The molecule has 0 spiro atoms. The van der Waals surface area contributed by atoms with Crippen LogP contribution in [0.5, 0.6) is 5.75 Å². The number of carbonyl (C=O) groups excluding carboxylic acids is 1. The van der Waals surface area contributed by atoms with Crippen LogP contribution in [0, 0.1) is 5.82 Å². The topological polar surface area (TPSA) is 51.5 Å². The Morgan fingerprint density at radius 2 is 1.77 bits per heavy atom. The van der Waals surface area contributed by atoms with Gasteiger partial charge in [-0.3, -0.25) is 4.79 Å². The van der Waals surface area contributed by atoms with E-state index < -0.39 is 0 Å². The predicted molar refractivity (Wildman–Crippen MR) is 96.5 cm³/mol. The summed E-state index contributed by atoms with van der Waals surface area (Å²) in [6, 6.07) is 19.2. The standard InChI is InChI=1S/C21H20FNO3/c22-17-8-10-18(11-9-17)25-15-19-12-13-20(26-19)21(24)23-14-4-7-16-5-2-1-3-6-16/h1-3,5-6,8-13H,4,7,14-15H2,(H,23,24). The van der Waals surface area contributed by atoms with Gasteiger partial charge in [-0.25, -0.2) is 4.39 Å². The van der Waals surface area contributed by atoms with Gasteiger partial charge < -0.3 is 14.5 Å². The van der Waals surface area contributed by atoms with Gasteiger partial charge in [0.25, 0.3) is 5.91 Å². The van der Waals surface area contributed by atoms with Crippen molar-refractivity contribution in [3.63, 3.8) is 0 Å². The molecule has 1 amide bonds. The smallest absolute Gasteiger partial charge is 0.286 e. The van der Waals surface area contributed by atoms with E-state index in [0.29, 0.717) is 18.1 Å². The monoisotopic (exact) mass is 353 g/mol. The molecule has 0 bridgehead atoms. The van der Waals surface area contributed by atoms with Gasteiger partial charge in [0.15, 0.2) is 5.76 Å². The summed E-state index contributed by atoms with van der Waals surface area (Å²) in [6.07, 6.45) is 1.77. The molecule has 1 heterocycles. The van der Waals surface area contributed by atoms with Crippen LogP contribution in [0.1, 0.15) is 28.3 Å². The zero-order chi connectivity index (χ0) is 18.2. The summed E-state index contributed by atoms with van der Waals surface area (Å²) < 4.78 is 23.8. The van der Waals surface area contributed by atoms with Crippen LogP contribution in [0.4, 0.5) is 4.39 Å². The molecule has 0 aliphatic heterocycles. The molecule has 0 saturated carbocycles. The van der Waals surface area contributed by atoms with Crippen molar-refractivity contribution in [3.05, 3.63) is 89.6 Å². The average Bonchev–Trinajstić information content (AvgIpc) is 3.15. The summed E-state index contributed by atoms with van der Waals surface area (Å²) in [5.74, 6) is 0.758. The van der Waals surface area contributed by atoms with Crippen LogP contribution in [0.15, 0.2) is 71.1 Å². The number of hydrogen-bond acceptors (Lipinski definition) is 3. The van der Waals surface area contributed by atoms with Crippen LogP contribution in [-0.4, -0.2) is 12.5 Å². The summed E-state index contributed by atoms with van der Waals surface area (Å²) in [5, 5.41) is 2.85. The Labute approximate surface area is 151 Å². The van der Waals surface area contributed by atoms with Crippen molar-refractivity contribution in [1.29, 1.82) is 0 Å². The Hall–Kier alpha value is -3.08. The molecule has 0 atom stereocenters. The van der Waals surface area contributed by atoms with Gasteiger partial charge in [-0.2, -0.15) is 0 Å². The SMILES string of the molecule is O=C(NCCCc1ccccc1)c1ccc(COc2ccc(F)cc2)o1. The predicted octanol–water partition coefficient (Wildman–Crippen LogP) is 4.36. The third-order valence-corrected chi connectivity index (χ3v) is 3.85. The van der Waals surface area contributed by atoms with Gasteiger partial charge in [-0.05, 0) is 54.8 Å². The molecule has 0 fully saturated rings. The summed E-state index contributed by atoms with van der Waals surface area (Å²) in [6.45, 7) is 0.753. The third kappa shape index (κ3) is 5.21. The summed E-state index contributed by atoms with van der Waals surface area (Å²) in [7, 11) is 0. The maximum atomic E-state index is 12.8. The molecule has 26 heavy (non-hydrogen) atoms. The number of carbonyl (C=O) groups is 1. The number of nitrogens with one attached hydrogen (secondary N) is 1. The lowest BCUT2D eigenvalue weighted by Gasteiger charge is -2.05. The first-order valence-corrected chi connectivity index (χ1v) is 8.50. The van der Waals surface area contributed by atoms with Gasteiger partial charge in [-0.1, -0.05) is 30.3 Å². The molecular formula is C21H20FNO3. The molecule has 1 aromatic heterocycles. The van der Waals surface area contributed by atoms with Gasteiger partial charge >= 0.3 is 0 Å². The van der Waals surface area contributed by atoms with Crippen LogP contribution in [-0.2, 0) is 13.0 Å². The van der Waals surface area contributed by atoms with Crippen molar-refractivity contribution < 1.29 is 18.3 Å². The Bertz CT molecular complexity index is 828. The largest absolute Gasteiger partial charge is 0.486 e. The molecule has 134 valence electrons. The van der Waals surface area contributed by atoms with Gasteiger partial charge in [0.05, 0.1) is 0 Å². The van der Waals surface area contributed by atoms with E-state index in [0.717, 1.165) is 12.8 Å². The Morgan fingerprint density at radius 1 is 1.00 bits per heavy atom. The first kappa shape index (κ1) is 17.7. The molecule has 4 nitrogen and oxygen atoms in total. The minimum atomic E-state index is -0.318. The highest BCUT2D eigenvalue weighted by Crippen LogP contribution is 2.15. The molecule has 0 unspecified atom stereocenters. The van der Waals surface area contributed by atoms with E-state index in [-0.39, 0.29) is 24.1 Å². The highest BCUT2D eigenvalue weighted by atomic mass is 19.1. The number of halogens is 1. The Morgan fingerprint density at radius 3 is 2.54 bits per heavy atom. The van der Waals surface area contributed by atoms with Crippen LogP contribution >= 0.6 is 0 Å². The summed E-state index contributed by atoms with van der Waals surface area (Å²) in [4.78, 5) is 12.1. The average molecular weight is 353 g/mol. The number of benzene rings is 2. The fourth-order valence-corrected chi connectivity index (χ4v) is 2.49. The highest BCUT2D eigenvalue weighted by Gasteiger charge is 2.11. The van der Waals surface area contributed by atoms with E-state index in [1.807, 2.05) is 18.2 Å². The third-order valence-electron chi connectivity index (χ3n) is 3.85. The molecule has 3 rings (SSSR count). The lowest BCUT2D eigenvalue weighted by atomic mass is 10.1. The lowest BCUT2D eigenvalue weighted by molar-refractivity contribution is 0.0921. The van der Waals surface area contributed by atoms with Gasteiger partial charge in [0.1, 0.15) is 23.9 Å². The van der Waals surface area contributed by atoms with Crippen molar-refractivity contribution in [2.45, 2.75) is 19.4 Å². The number of ether oxygens (including phenoxy) is 1. The van der Waals surface area contributed by atoms with Crippen molar-refractivity contribution in [3.8, 4) is 5.75 Å². The maximum Gasteiger partial charge on any atom is 0.286 e. The van der Waals surface area contributed by atoms with E-state index in [4.69, 9.17) is 9.15 Å². The number of aryl methyl sites for hydroxylation is 1. The van der Waals surface area contributed by atoms with E-state index >= 15 is 0 Å². The number of furan rings is 1.